The molecule has 4 nitrogen and oxygen atoms in total. The average molecular weight is 508 g/mol. The smallest absolute Gasteiger partial charge is 0.128 e. The zero-order valence-corrected chi connectivity index (χ0v) is 22.5. The summed E-state index contributed by atoms with van der Waals surface area (Å²) >= 11 is 2.00. The van der Waals surface area contributed by atoms with Gasteiger partial charge in [-0.05, 0) is 53.9 Å². The number of ether oxygens (including phenoxy) is 1. The Labute approximate surface area is 223 Å². The number of benzene rings is 4. The van der Waals surface area contributed by atoms with Gasteiger partial charge in [0, 0.05) is 44.9 Å². The number of hydrogen-bond donors (Lipinski definition) is 0. The monoisotopic (exact) mass is 507 g/mol. The van der Waals surface area contributed by atoms with Gasteiger partial charge in [0.05, 0.1) is 19.0 Å². The number of hydrogen-bond acceptors (Lipinski definition) is 4. The van der Waals surface area contributed by atoms with Crippen LogP contribution >= 0.6 is 11.8 Å². The van der Waals surface area contributed by atoms with Crippen LogP contribution in [0.25, 0.3) is 32.6 Å². The van der Waals surface area contributed by atoms with Crippen LogP contribution < -0.4 is 4.74 Å². The molecule has 2 heterocycles. The molecule has 1 aliphatic heterocycles. The van der Waals surface area contributed by atoms with Crippen molar-refractivity contribution in [3.05, 3.63) is 90.0 Å². The normalized spacial score (nSPS) is 15.1. The molecule has 4 aromatic carbocycles. The van der Waals surface area contributed by atoms with Gasteiger partial charge in [-0.15, -0.1) is 0 Å². The first-order chi connectivity index (χ1) is 18.3. The Morgan fingerprint density at radius 3 is 2.41 bits per heavy atom. The van der Waals surface area contributed by atoms with Gasteiger partial charge in [-0.25, -0.2) is 0 Å². The summed E-state index contributed by atoms with van der Waals surface area (Å²) in [4.78, 5) is 0. The van der Waals surface area contributed by atoms with E-state index in [1.807, 2.05) is 44.1 Å². The lowest BCUT2D eigenvalue weighted by atomic mass is 10.0. The lowest BCUT2D eigenvalue weighted by Gasteiger charge is -2.11. The van der Waals surface area contributed by atoms with E-state index in [1.54, 1.807) is 0 Å². The second kappa shape index (κ2) is 11.7. The highest BCUT2D eigenvalue weighted by Gasteiger charge is 2.22. The molecule has 0 aliphatic carbocycles. The molecule has 1 unspecified atom stereocenters. The Kier molecular flexibility index (Phi) is 7.90. The molecule has 0 radical (unpaired) electrons. The first kappa shape index (κ1) is 25.1. The van der Waals surface area contributed by atoms with Crippen molar-refractivity contribution in [2.75, 3.05) is 12.4 Å². The lowest BCUT2D eigenvalue weighted by Crippen LogP contribution is -2.03. The molecule has 0 spiro atoms. The van der Waals surface area contributed by atoms with Gasteiger partial charge in [0.2, 0.25) is 0 Å². The van der Waals surface area contributed by atoms with Crippen molar-refractivity contribution in [2.45, 2.75) is 39.0 Å². The van der Waals surface area contributed by atoms with Gasteiger partial charge in [0.1, 0.15) is 5.75 Å². The highest BCUT2D eigenvalue weighted by Crippen LogP contribution is 2.34. The number of nitrogens with zero attached hydrogens (tertiary/aromatic N) is 3. The molecule has 5 heteroatoms. The quantitative estimate of drug-likeness (QED) is 0.120. The molecule has 0 amide bonds. The Bertz CT molecular complexity index is 1580. The van der Waals surface area contributed by atoms with Gasteiger partial charge in [-0.2, -0.15) is 22.0 Å². The maximum Gasteiger partial charge on any atom is 0.128 e. The van der Waals surface area contributed by atoms with E-state index in [0.717, 1.165) is 47.1 Å². The molecule has 6 rings (SSSR count). The lowest BCUT2D eigenvalue weighted by molar-refractivity contribution is 0.314. The third kappa shape index (κ3) is 5.42. The number of aryl methyl sites for hydroxylation is 1. The van der Waals surface area contributed by atoms with Crippen LogP contribution in [0.15, 0.2) is 89.1 Å². The summed E-state index contributed by atoms with van der Waals surface area (Å²) in [7, 11) is 0. The first-order valence-electron chi connectivity index (χ1n) is 13.2. The zero-order chi connectivity index (χ0) is 25.6. The summed E-state index contributed by atoms with van der Waals surface area (Å²) in [6.45, 7) is 7.86. The van der Waals surface area contributed by atoms with Crippen molar-refractivity contribution in [3.63, 3.8) is 0 Å². The molecular formula is C32H33N3OS. The summed E-state index contributed by atoms with van der Waals surface area (Å²) in [5.41, 5.74) is 4.52. The number of fused-ring (bicyclic) bond motifs is 4. The highest BCUT2D eigenvalue weighted by atomic mass is 32.2. The highest BCUT2D eigenvalue weighted by molar-refractivity contribution is 8.06. The van der Waals surface area contributed by atoms with Crippen LogP contribution in [0.1, 0.15) is 38.3 Å². The minimum atomic E-state index is 0.728. The Morgan fingerprint density at radius 2 is 1.59 bits per heavy atom. The molecule has 0 N–H and O–H groups in total. The Balaban J connectivity index is 0.00000137. The maximum atomic E-state index is 6.15. The Morgan fingerprint density at radius 1 is 0.865 bits per heavy atom. The van der Waals surface area contributed by atoms with Gasteiger partial charge >= 0.3 is 0 Å². The molecule has 1 aliphatic rings. The van der Waals surface area contributed by atoms with E-state index >= 15 is 0 Å². The topological polar surface area (TPSA) is 38.9 Å². The van der Waals surface area contributed by atoms with E-state index < -0.39 is 0 Å². The van der Waals surface area contributed by atoms with E-state index in [1.165, 1.54) is 32.9 Å². The van der Waals surface area contributed by atoms with E-state index in [-0.39, 0.29) is 0 Å². The second-order valence-electron chi connectivity index (χ2n) is 8.82. The molecule has 188 valence electrons. The maximum absolute atomic E-state index is 6.15. The van der Waals surface area contributed by atoms with Crippen molar-refractivity contribution >= 4 is 56.8 Å². The molecule has 0 saturated carbocycles. The molecule has 0 bridgehead atoms. The minimum absolute atomic E-state index is 0.728. The predicted octanol–water partition coefficient (Wildman–Crippen LogP) is 8.33. The molecule has 37 heavy (non-hydrogen) atoms. The van der Waals surface area contributed by atoms with E-state index in [2.05, 4.69) is 94.5 Å². The number of rotatable bonds is 8. The fraction of sp³-hybridized carbons (Fsp3) is 0.250. The van der Waals surface area contributed by atoms with Gasteiger partial charge in [0.25, 0.3) is 0 Å². The van der Waals surface area contributed by atoms with E-state index in [0.29, 0.717) is 0 Å². The van der Waals surface area contributed by atoms with Crippen LogP contribution in [-0.4, -0.2) is 34.6 Å². The zero-order valence-electron chi connectivity index (χ0n) is 21.7. The fourth-order valence-electron chi connectivity index (χ4n) is 4.75. The van der Waals surface area contributed by atoms with Crippen LogP contribution in [0.3, 0.4) is 0 Å². The van der Waals surface area contributed by atoms with Crippen LogP contribution in [0.4, 0.5) is 0 Å². The van der Waals surface area contributed by atoms with Gasteiger partial charge in [-0.1, -0.05) is 68.4 Å². The largest absolute Gasteiger partial charge is 0.493 e. The SMILES string of the molecule is CC.CCn1c2ccccc2c2cc(/C=N\N=C/c3c(OCCC4CS4)ccc4ccccc34)ccc21. The number of para-hydroxylation sites is 1. The second-order valence-corrected chi connectivity index (χ2v) is 10.2. The van der Waals surface area contributed by atoms with Crippen molar-refractivity contribution in [2.24, 2.45) is 10.2 Å². The first-order valence-corrected chi connectivity index (χ1v) is 14.2. The fourth-order valence-corrected chi connectivity index (χ4v) is 5.32. The average Bonchev–Trinajstić information content (AvgIpc) is 3.73. The van der Waals surface area contributed by atoms with Crippen LogP contribution in [0, 0.1) is 0 Å². The van der Waals surface area contributed by atoms with Gasteiger partial charge < -0.3 is 9.30 Å². The number of aromatic nitrogens is 1. The number of thioether (sulfide) groups is 1. The molecule has 5 aromatic rings. The van der Waals surface area contributed by atoms with Crippen molar-refractivity contribution in [1.29, 1.82) is 0 Å². The molecule has 1 aromatic heterocycles. The Hall–Kier alpha value is -3.57. The van der Waals surface area contributed by atoms with E-state index in [4.69, 9.17) is 4.74 Å². The standard InChI is InChI=1S/C30H27N3OS.C2H6/c1-2-33-28-10-6-5-9-25(28)26-17-21(11-13-29(26)33)18-31-32-19-27-24-8-4-3-7-22(24)12-14-30(27)34-16-15-23-20-35-23;1-2/h3-14,17-19,23H,2,15-16,20H2,1H3;1-2H3/b31-18-,32-19-;. The minimum Gasteiger partial charge on any atom is -0.493 e. The van der Waals surface area contributed by atoms with Crippen molar-refractivity contribution in [3.8, 4) is 5.75 Å². The third-order valence-electron chi connectivity index (χ3n) is 6.60. The van der Waals surface area contributed by atoms with Crippen molar-refractivity contribution in [1.82, 2.24) is 4.57 Å². The van der Waals surface area contributed by atoms with Crippen LogP contribution in [-0.2, 0) is 6.54 Å². The summed E-state index contributed by atoms with van der Waals surface area (Å²) < 4.78 is 8.51. The molecular weight excluding hydrogens is 474 g/mol. The van der Waals surface area contributed by atoms with Gasteiger partial charge in [-0.3, -0.25) is 0 Å². The van der Waals surface area contributed by atoms with E-state index in [9.17, 15) is 0 Å². The van der Waals surface area contributed by atoms with Crippen LogP contribution in [0.5, 0.6) is 5.75 Å². The molecule has 1 saturated heterocycles. The van der Waals surface area contributed by atoms with Crippen LogP contribution in [0.2, 0.25) is 0 Å². The summed E-state index contributed by atoms with van der Waals surface area (Å²) in [5, 5.41) is 14.4. The third-order valence-corrected chi connectivity index (χ3v) is 7.64. The molecule has 1 fully saturated rings. The summed E-state index contributed by atoms with van der Waals surface area (Å²) in [5.74, 6) is 2.12. The summed E-state index contributed by atoms with van der Waals surface area (Å²) in [6.07, 6.45) is 4.73. The predicted molar refractivity (Wildman–Crippen MR) is 162 cm³/mol. The van der Waals surface area contributed by atoms with Gasteiger partial charge in [0.15, 0.2) is 0 Å². The van der Waals surface area contributed by atoms with Crippen molar-refractivity contribution < 1.29 is 4.74 Å². The summed E-state index contributed by atoms with van der Waals surface area (Å²) in [6, 6.07) is 27.5. The molecule has 1 atom stereocenters.